The van der Waals surface area contributed by atoms with Gasteiger partial charge in [0.15, 0.2) is 11.5 Å². The highest BCUT2D eigenvalue weighted by Gasteiger charge is 2.42. The summed E-state index contributed by atoms with van der Waals surface area (Å²) in [4.78, 5) is 17.9. The lowest BCUT2D eigenvalue weighted by Crippen LogP contribution is -2.26. The molecule has 0 N–H and O–H groups in total. The molecule has 34 heavy (non-hydrogen) atoms. The average Bonchev–Trinajstić information content (AvgIpc) is 3.43. The maximum absolute atomic E-state index is 14.5. The molecule has 0 fully saturated rings. The predicted octanol–water partition coefficient (Wildman–Crippen LogP) is 5.12. The van der Waals surface area contributed by atoms with Crippen molar-refractivity contribution in [2.75, 3.05) is 14.2 Å². The van der Waals surface area contributed by atoms with Crippen LogP contribution >= 0.6 is 0 Å². The zero-order valence-electron chi connectivity index (χ0n) is 17.6. The SMILES string of the molecule is CON(C)C(=O)c1c(-c2ccccc2F)noc1-c1cnn(-c2cccc(F)c2)c1C(F)(F)F. The number of hydroxylamine groups is 2. The standard InChI is InChI=1S/C22H15F5N4O3/c1-30(33-2)21(32)17-18(14-8-3-4-9-16(14)24)29-34-19(17)15-11-28-31(20(15)22(25,26)27)13-7-5-6-12(23)10-13/h3-11H,1-2H3. The van der Waals surface area contributed by atoms with E-state index in [4.69, 9.17) is 9.36 Å². The number of hydrogen-bond donors (Lipinski definition) is 0. The van der Waals surface area contributed by atoms with Crippen molar-refractivity contribution < 1.29 is 36.1 Å². The number of benzene rings is 2. The number of carbonyl (C=O) groups is 1. The first kappa shape index (κ1) is 23.1. The highest BCUT2D eigenvalue weighted by atomic mass is 19.4. The van der Waals surface area contributed by atoms with Gasteiger partial charge >= 0.3 is 6.18 Å². The Balaban J connectivity index is 2.00. The zero-order chi connectivity index (χ0) is 24.6. The van der Waals surface area contributed by atoms with E-state index in [0.29, 0.717) is 4.68 Å². The van der Waals surface area contributed by atoms with Gasteiger partial charge in [0.1, 0.15) is 22.9 Å². The van der Waals surface area contributed by atoms with E-state index in [1.807, 2.05) is 0 Å². The van der Waals surface area contributed by atoms with Crippen LogP contribution in [0.2, 0.25) is 0 Å². The summed E-state index contributed by atoms with van der Waals surface area (Å²) in [5, 5.41) is 8.17. The molecule has 0 radical (unpaired) electrons. The molecule has 4 rings (SSSR count). The molecule has 0 aliphatic carbocycles. The topological polar surface area (TPSA) is 73.4 Å². The molecule has 12 heteroatoms. The van der Waals surface area contributed by atoms with Crippen molar-refractivity contribution in [2.45, 2.75) is 6.18 Å². The van der Waals surface area contributed by atoms with Gasteiger partial charge in [-0.2, -0.15) is 18.3 Å². The number of nitrogens with zero attached hydrogens (tertiary/aromatic N) is 4. The minimum atomic E-state index is -5.00. The minimum absolute atomic E-state index is 0.170. The van der Waals surface area contributed by atoms with Gasteiger partial charge in [0.05, 0.1) is 24.6 Å². The highest BCUT2D eigenvalue weighted by Crippen LogP contribution is 2.42. The van der Waals surface area contributed by atoms with Crippen LogP contribution in [0.15, 0.2) is 59.3 Å². The highest BCUT2D eigenvalue weighted by molar-refractivity contribution is 6.04. The van der Waals surface area contributed by atoms with E-state index in [0.717, 1.165) is 36.6 Å². The van der Waals surface area contributed by atoms with Crippen molar-refractivity contribution >= 4 is 5.91 Å². The van der Waals surface area contributed by atoms with Crippen LogP contribution in [0.25, 0.3) is 28.3 Å². The second kappa shape index (κ2) is 8.71. The van der Waals surface area contributed by atoms with Crippen molar-refractivity contribution in [3.63, 3.8) is 0 Å². The summed E-state index contributed by atoms with van der Waals surface area (Å²) in [7, 11) is 2.38. The molecule has 2 heterocycles. The summed E-state index contributed by atoms with van der Waals surface area (Å²) < 4.78 is 76.3. The van der Waals surface area contributed by atoms with Gasteiger partial charge in [-0.05, 0) is 30.3 Å². The molecule has 0 aliphatic heterocycles. The molecule has 0 aliphatic rings. The number of halogens is 5. The van der Waals surface area contributed by atoms with Crippen molar-refractivity contribution in [3.8, 4) is 28.3 Å². The fraction of sp³-hybridized carbons (Fsp3) is 0.136. The Morgan fingerprint density at radius 1 is 1.09 bits per heavy atom. The van der Waals surface area contributed by atoms with E-state index in [2.05, 4.69) is 10.3 Å². The average molecular weight is 478 g/mol. The molecule has 0 atom stereocenters. The Labute approximate surface area is 188 Å². The van der Waals surface area contributed by atoms with Crippen LogP contribution in [0.3, 0.4) is 0 Å². The van der Waals surface area contributed by atoms with E-state index in [1.165, 1.54) is 37.4 Å². The van der Waals surface area contributed by atoms with E-state index in [1.54, 1.807) is 0 Å². The third kappa shape index (κ3) is 4.03. The number of alkyl halides is 3. The summed E-state index contributed by atoms with van der Waals surface area (Å²) in [6, 6.07) is 9.63. The molecule has 2 aromatic heterocycles. The lowest BCUT2D eigenvalue weighted by atomic mass is 10.0. The molecular formula is C22H15F5N4O3. The van der Waals surface area contributed by atoms with Gasteiger partial charge in [-0.3, -0.25) is 9.63 Å². The summed E-state index contributed by atoms with van der Waals surface area (Å²) in [5.74, 6) is -3.10. The van der Waals surface area contributed by atoms with Crippen molar-refractivity contribution in [2.24, 2.45) is 0 Å². The molecule has 0 bridgehead atoms. The van der Waals surface area contributed by atoms with Crippen LogP contribution < -0.4 is 0 Å². The number of amides is 1. The van der Waals surface area contributed by atoms with Gasteiger partial charge in [-0.15, -0.1) is 0 Å². The first-order chi connectivity index (χ1) is 16.1. The molecule has 0 saturated heterocycles. The first-order valence-corrected chi connectivity index (χ1v) is 9.61. The number of rotatable bonds is 5. The van der Waals surface area contributed by atoms with E-state index in [9.17, 15) is 26.7 Å². The number of hydrogen-bond acceptors (Lipinski definition) is 5. The molecule has 2 aromatic carbocycles. The first-order valence-electron chi connectivity index (χ1n) is 9.61. The predicted molar refractivity (Wildman–Crippen MR) is 109 cm³/mol. The van der Waals surface area contributed by atoms with Crippen LogP contribution in [0, 0.1) is 11.6 Å². The van der Waals surface area contributed by atoms with Gasteiger partial charge in [0.25, 0.3) is 5.91 Å². The van der Waals surface area contributed by atoms with Gasteiger partial charge < -0.3 is 4.52 Å². The van der Waals surface area contributed by atoms with Crippen LogP contribution in [-0.4, -0.2) is 40.1 Å². The lowest BCUT2D eigenvalue weighted by molar-refractivity contribution is -0.142. The monoisotopic (exact) mass is 478 g/mol. The van der Waals surface area contributed by atoms with Crippen LogP contribution in [0.1, 0.15) is 16.1 Å². The van der Waals surface area contributed by atoms with Gasteiger partial charge in [0, 0.05) is 12.6 Å². The third-order valence-electron chi connectivity index (χ3n) is 4.93. The smallest absolute Gasteiger partial charge is 0.355 e. The Morgan fingerprint density at radius 3 is 2.47 bits per heavy atom. The fourth-order valence-corrected chi connectivity index (χ4v) is 3.34. The molecule has 176 valence electrons. The number of aromatic nitrogens is 3. The lowest BCUT2D eigenvalue weighted by Gasteiger charge is -2.15. The van der Waals surface area contributed by atoms with Crippen LogP contribution in [0.5, 0.6) is 0 Å². The molecule has 0 unspecified atom stereocenters. The Bertz CT molecular complexity index is 1360. The van der Waals surface area contributed by atoms with Crippen molar-refractivity contribution in [1.82, 2.24) is 20.0 Å². The summed E-state index contributed by atoms with van der Waals surface area (Å²) in [6.07, 6.45) is -4.19. The molecule has 7 nitrogen and oxygen atoms in total. The summed E-state index contributed by atoms with van der Waals surface area (Å²) in [6.45, 7) is 0. The molecule has 0 saturated carbocycles. The Hall–Kier alpha value is -4.06. The molecule has 0 spiro atoms. The van der Waals surface area contributed by atoms with E-state index < -0.39 is 46.3 Å². The van der Waals surface area contributed by atoms with Crippen molar-refractivity contribution in [1.29, 1.82) is 0 Å². The quantitative estimate of drug-likeness (QED) is 0.294. The second-order valence-electron chi connectivity index (χ2n) is 7.00. The fourth-order valence-electron chi connectivity index (χ4n) is 3.34. The largest absolute Gasteiger partial charge is 0.434 e. The molecule has 4 aromatic rings. The molecule has 1 amide bonds. The Kier molecular flexibility index (Phi) is 5.92. The van der Waals surface area contributed by atoms with Gasteiger partial charge in [-0.25, -0.2) is 18.5 Å². The minimum Gasteiger partial charge on any atom is -0.355 e. The normalized spacial score (nSPS) is 11.6. The van der Waals surface area contributed by atoms with E-state index in [-0.39, 0.29) is 16.9 Å². The summed E-state index contributed by atoms with van der Waals surface area (Å²) in [5.41, 5.74) is -3.18. The molecular weight excluding hydrogens is 463 g/mol. The maximum Gasteiger partial charge on any atom is 0.434 e. The second-order valence-corrected chi connectivity index (χ2v) is 7.00. The maximum atomic E-state index is 14.5. The summed E-state index contributed by atoms with van der Waals surface area (Å²) >= 11 is 0. The zero-order valence-corrected chi connectivity index (χ0v) is 17.6. The van der Waals surface area contributed by atoms with Gasteiger partial charge in [-0.1, -0.05) is 23.4 Å². The van der Waals surface area contributed by atoms with Crippen LogP contribution in [0.4, 0.5) is 22.0 Å². The van der Waals surface area contributed by atoms with Crippen LogP contribution in [-0.2, 0) is 11.0 Å². The number of carbonyl (C=O) groups excluding carboxylic acids is 1. The Morgan fingerprint density at radius 2 is 1.82 bits per heavy atom. The van der Waals surface area contributed by atoms with Crippen molar-refractivity contribution in [3.05, 3.63) is 77.6 Å². The van der Waals surface area contributed by atoms with Gasteiger partial charge in [0.2, 0.25) is 0 Å². The van der Waals surface area contributed by atoms with E-state index >= 15 is 0 Å². The third-order valence-corrected chi connectivity index (χ3v) is 4.93.